The van der Waals surface area contributed by atoms with E-state index < -0.39 is 12.0 Å². The molecule has 0 N–H and O–H groups in total. The number of amides is 1. The summed E-state index contributed by atoms with van der Waals surface area (Å²) in [7, 11) is 0. The molecule has 0 radical (unpaired) electrons. The van der Waals surface area contributed by atoms with Crippen molar-refractivity contribution in [3.63, 3.8) is 0 Å². The number of carbonyl (C=O) groups is 2. The van der Waals surface area contributed by atoms with Gasteiger partial charge in [0.2, 0.25) is 5.91 Å². The van der Waals surface area contributed by atoms with Gasteiger partial charge in [-0.15, -0.1) is 0 Å². The van der Waals surface area contributed by atoms with Gasteiger partial charge >= 0.3 is 5.97 Å². The van der Waals surface area contributed by atoms with Crippen LogP contribution in [0.1, 0.15) is 38.8 Å². The van der Waals surface area contributed by atoms with E-state index in [1.54, 1.807) is 18.7 Å². The number of hydrogen-bond acceptors (Lipinski definition) is 6. The molecule has 2 aliphatic rings. The molecule has 2 aromatic rings. The van der Waals surface area contributed by atoms with Gasteiger partial charge < -0.3 is 9.47 Å². The summed E-state index contributed by atoms with van der Waals surface area (Å²) in [5.41, 5.74) is 1.73. The normalized spacial score (nSPS) is 20.4. The Morgan fingerprint density at radius 3 is 2.55 bits per heavy atom. The molecule has 4 rings (SSSR count). The highest BCUT2D eigenvalue weighted by Gasteiger charge is 2.47. The van der Waals surface area contributed by atoms with Gasteiger partial charge in [0.25, 0.3) is 0 Å². The lowest BCUT2D eigenvalue weighted by atomic mass is 9.94. The number of allylic oxidation sites excluding steroid dienone is 1. The summed E-state index contributed by atoms with van der Waals surface area (Å²) in [5.74, 6) is 0.835. The summed E-state index contributed by atoms with van der Waals surface area (Å²) in [4.78, 5) is 32.3. The maximum Gasteiger partial charge on any atom is 0.338 e. The predicted octanol–water partition coefficient (Wildman–Crippen LogP) is 5.08. The van der Waals surface area contributed by atoms with Gasteiger partial charge in [-0.05, 0) is 50.1 Å². The molecule has 31 heavy (non-hydrogen) atoms. The van der Waals surface area contributed by atoms with Gasteiger partial charge in [-0.1, -0.05) is 49.0 Å². The highest BCUT2D eigenvalue weighted by Crippen LogP contribution is 2.44. The lowest BCUT2D eigenvalue weighted by Crippen LogP contribution is -2.40. The Hall–Kier alpha value is -3.06. The first-order chi connectivity index (χ1) is 15.0. The molecule has 1 amide bonds. The van der Waals surface area contributed by atoms with Crippen molar-refractivity contribution in [1.29, 1.82) is 0 Å². The SMILES string of the molecule is CCOC(=O)C1=C(C)N=C2SC(CC)C(=O)N2C1c1cccc(Oc2ccccc2)c1. The Kier molecular flexibility index (Phi) is 6.13. The van der Waals surface area contributed by atoms with Crippen molar-refractivity contribution in [3.05, 3.63) is 71.4 Å². The van der Waals surface area contributed by atoms with Crippen molar-refractivity contribution in [1.82, 2.24) is 4.90 Å². The van der Waals surface area contributed by atoms with E-state index in [-0.39, 0.29) is 17.8 Å². The minimum atomic E-state index is -0.609. The monoisotopic (exact) mass is 436 g/mol. The topological polar surface area (TPSA) is 68.2 Å². The standard InChI is InChI=1S/C24H24N2O4S/c1-4-19-22(27)26-21(20(23(28)29-5-2)15(3)25-24(26)31-19)16-10-9-13-18(14-16)30-17-11-7-6-8-12-17/h6-14,19,21H,4-5H2,1-3H3. The van der Waals surface area contributed by atoms with E-state index in [9.17, 15) is 9.59 Å². The molecule has 2 heterocycles. The minimum Gasteiger partial charge on any atom is -0.463 e. The van der Waals surface area contributed by atoms with Gasteiger partial charge in [-0.3, -0.25) is 9.69 Å². The number of thioether (sulfide) groups is 1. The van der Waals surface area contributed by atoms with Gasteiger partial charge in [-0.2, -0.15) is 0 Å². The fourth-order valence-electron chi connectivity index (χ4n) is 3.75. The lowest BCUT2D eigenvalue weighted by Gasteiger charge is -2.33. The molecule has 2 atom stereocenters. The summed E-state index contributed by atoms with van der Waals surface area (Å²) < 4.78 is 11.3. The van der Waals surface area contributed by atoms with Crippen LogP contribution in [0.25, 0.3) is 0 Å². The Morgan fingerprint density at radius 1 is 1.10 bits per heavy atom. The number of hydrogen-bond donors (Lipinski definition) is 0. The van der Waals surface area contributed by atoms with E-state index in [1.165, 1.54) is 11.8 Å². The maximum absolute atomic E-state index is 13.2. The number of benzene rings is 2. The van der Waals surface area contributed by atoms with E-state index in [0.717, 1.165) is 5.56 Å². The molecular weight excluding hydrogens is 412 g/mol. The molecule has 1 fully saturated rings. The van der Waals surface area contributed by atoms with Crippen molar-refractivity contribution in [2.75, 3.05) is 6.61 Å². The predicted molar refractivity (Wildman–Crippen MR) is 121 cm³/mol. The van der Waals surface area contributed by atoms with Gasteiger partial charge in [0, 0.05) is 0 Å². The molecule has 0 bridgehead atoms. The number of fused-ring (bicyclic) bond motifs is 1. The number of amidine groups is 1. The van der Waals surface area contributed by atoms with Crippen molar-refractivity contribution < 1.29 is 19.1 Å². The van der Waals surface area contributed by atoms with Crippen LogP contribution in [0.3, 0.4) is 0 Å². The average Bonchev–Trinajstić information content (AvgIpc) is 3.08. The molecule has 0 aromatic heterocycles. The van der Waals surface area contributed by atoms with Crippen molar-refractivity contribution >= 4 is 28.8 Å². The fourth-order valence-corrected chi connectivity index (χ4v) is 4.88. The van der Waals surface area contributed by atoms with Gasteiger partial charge in [0.05, 0.1) is 29.2 Å². The first-order valence-corrected chi connectivity index (χ1v) is 11.2. The first kappa shape index (κ1) is 21.2. The maximum atomic E-state index is 13.2. The Labute approximate surface area is 185 Å². The zero-order chi connectivity index (χ0) is 22.0. The zero-order valence-electron chi connectivity index (χ0n) is 17.7. The number of rotatable bonds is 6. The van der Waals surface area contributed by atoms with E-state index in [2.05, 4.69) is 4.99 Å². The van der Waals surface area contributed by atoms with Crippen LogP contribution >= 0.6 is 11.8 Å². The minimum absolute atomic E-state index is 0.0417. The Morgan fingerprint density at radius 2 is 1.84 bits per heavy atom. The highest BCUT2D eigenvalue weighted by molar-refractivity contribution is 8.15. The second-order valence-electron chi connectivity index (χ2n) is 7.23. The zero-order valence-corrected chi connectivity index (χ0v) is 18.5. The molecule has 6 nitrogen and oxygen atoms in total. The third-order valence-electron chi connectivity index (χ3n) is 5.17. The number of aliphatic imine (C=N–C) groups is 1. The fraction of sp³-hybridized carbons (Fsp3) is 0.292. The number of carbonyl (C=O) groups excluding carboxylic acids is 2. The largest absolute Gasteiger partial charge is 0.463 e. The molecule has 2 aliphatic heterocycles. The molecule has 0 saturated carbocycles. The first-order valence-electron chi connectivity index (χ1n) is 10.3. The summed E-state index contributed by atoms with van der Waals surface area (Å²) in [5, 5.41) is 0.418. The number of nitrogens with zero attached hydrogens (tertiary/aromatic N) is 2. The molecule has 2 aromatic carbocycles. The van der Waals surface area contributed by atoms with Crippen LogP contribution in [0.4, 0.5) is 0 Å². The highest BCUT2D eigenvalue weighted by atomic mass is 32.2. The van der Waals surface area contributed by atoms with Crippen LogP contribution in [0, 0.1) is 0 Å². The molecule has 160 valence electrons. The van der Waals surface area contributed by atoms with E-state index in [1.807, 2.05) is 61.5 Å². The van der Waals surface area contributed by atoms with Crippen LogP contribution < -0.4 is 4.74 Å². The molecule has 0 spiro atoms. The van der Waals surface area contributed by atoms with E-state index in [4.69, 9.17) is 9.47 Å². The number of esters is 1. The second kappa shape index (κ2) is 8.98. The van der Waals surface area contributed by atoms with Crippen LogP contribution in [-0.2, 0) is 14.3 Å². The van der Waals surface area contributed by atoms with Crippen molar-refractivity contribution in [2.45, 2.75) is 38.5 Å². The summed E-state index contributed by atoms with van der Waals surface area (Å²) in [6.45, 7) is 5.78. The summed E-state index contributed by atoms with van der Waals surface area (Å²) >= 11 is 1.45. The van der Waals surface area contributed by atoms with Crippen molar-refractivity contribution in [3.8, 4) is 11.5 Å². The molecule has 7 heteroatoms. The summed E-state index contributed by atoms with van der Waals surface area (Å²) in [6.07, 6.45) is 0.691. The van der Waals surface area contributed by atoms with Crippen LogP contribution in [0.5, 0.6) is 11.5 Å². The quantitative estimate of drug-likeness (QED) is 0.591. The molecule has 2 unspecified atom stereocenters. The third kappa shape index (κ3) is 4.10. The number of ether oxygens (including phenoxy) is 2. The Balaban J connectivity index is 1.77. The van der Waals surface area contributed by atoms with Gasteiger partial charge in [0.1, 0.15) is 11.5 Å². The van der Waals surface area contributed by atoms with E-state index >= 15 is 0 Å². The summed E-state index contributed by atoms with van der Waals surface area (Å²) in [6, 6.07) is 16.3. The van der Waals surface area contributed by atoms with E-state index in [0.29, 0.717) is 34.4 Å². The second-order valence-corrected chi connectivity index (χ2v) is 8.40. The van der Waals surface area contributed by atoms with Crippen LogP contribution in [0.15, 0.2) is 70.9 Å². The molecule has 0 aliphatic carbocycles. The van der Waals surface area contributed by atoms with Crippen LogP contribution in [-0.4, -0.2) is 33.8 Å². The Bertz CT molecular complexity index is 1060. The van der Waals surface area contributed by atoms with Gasteiger partial charge in [-0.25, -0.2) is 9.79 Å². The van der Waals surface area contributed by atoms with Crippen molar-refractivity contribution in [2.24, 2.45) is 4.99 Å². The van der Waals surface area contributed by atoms with Gasteiger partial charge in [0.15, 0.2) is 5.17 Å². The molecule has 1 saturated heterocycles. The lowest BCUT2D eigenvalue weighted by molar-refractivity contribution is -0.139. The molecular formula is C24H24N2O4S. The third-order valence-corrected chi connectivity index (χ3v) is 6.49. The van der Waals surface area contributed by atoms with Crippen LogP contribution in [0.2, 0.25) is 0 Å². The number of para-hydroxylation sites is 1. The smallest absolute Gasteiger partial charge is 0.338 e. The average molecular weight is 437 g/mol.